The van der Waals surface area contributed by atoms with Crippen LogP contribution in [0.25, 0.3) is 10.9 Å². The van der Waals surface area contributed by atoms with E-state index in [-0.39, 0.29) is 17.8 Å². The fourth-order valence-corrected chi connectivity index (χ4v) is 1.70. The van der Waals surface area contributed by atoms with Crippen LogP contribution in [-0.4, -0.2) is 22.1 Å². The van der Waals surface area contributed by atoms with Crippen molar-refractivity contribution < 1.29 is 27.9 Å². The molecular weight excluding hydrogens is 291 g/mol. The molecule has 112 valence electrons. The lowest BCUT2D eigenvalue weighted by atomic mass is 10.1. The number of carboxylic acid groups (broad SMARTS) is 1. The third-order valence-corrected chi connectivity index (χ3v) is 2.70. The van der Waals surface area contributed by atoms with Crippen LogP contribution >= 0.6 is 0 Å². The highest BCUT2D eigenvalue weighted by Gasteiger charge is 2.30. The van der Waals surface area contributed by atoms with Gasteiger partial charge >= 0.3 is 6.18 Å². The van der Waals surface area contributed by atoms with Gasteiger partial charge in [-0.3, -0.25) is 9.89 Å². The molecular formula is C12H9F3N3O3-. The van der Waals surface area contributed by atoms with Gasteiger partial charge in [-0.2, -0.15) is 18.3 Å². The van der Waals surface area contributed by atoms with Crippen LogP contribution in [-0.2, 0) is 15.8 Å². The van der Waals surface area contributed by atoms with Crippen molar-refractivity contribution in [3.63, 3.8) is 0 Å². The number of amides is 1. The molecule has 0 aliphatic carbocycles. The molecule has 6 nitrogen and oxygen atoms in total. The maximum absolute atomic E-state index is 12.5. The average molecular weight is 300 g/mol. The number of nitrogens with zero attached hydrogens (tertiary/aromatic N) is 1. The van der Waals surface area contributed by atoms with Crippen LogP contribution in [0, 0.1) is 0 Å². The van der Waals surface area contributed by atoms with E-state index in [1.54, 1.807) is 0 Å². The zero-order valence-electron chi connectivity index (χ0n) is 10.5. The highest BCUT2D eigenvalue weighted by Crippen LogP contribution is 2.32. The molecule has 1 heterocycles. The van der Waals surface area contributed by atoms with Crippen molar-refractivity contribution in [2.24, 2.45) is 0 Å². The number of aromatic nitrogens is 2. The van der Waals surface area contributed by atoms with Crippen LogP contribution in [0.1, 0.15) is 18.4 Å². The standard InChI is InChI=1S/C12H10F3N3O3/c13-12(14,15)6-1-2-7-8(5-6)17-18-11(7)16-9(19)3-4-10(20)21/h1-2,5H,3-4H2,(H,20,21)(H2,16,17,18,19)/p-1. The Balaban J connectivity index is 2.19. The monoisotopic (exact) mass is 300 g/mol. The number of carbonyl (C=O) groups excluding carboxylic acids is 2. The molecule has 0 saturated heterocycles. The van der Waals surface area contributed by atoms with Crippen LogP contribution in [0.5, 0.6) is 0 Å². The second-order valence-electron chi connectivity index (χ2n) is 4.25. The first-order valence-electron chi connectivity index (χ1n) is 5.82. The molecule has 2 rings (SSSR count). The summed E-state index contributed by atoms with van der Waals surface area (Å²) in [4.78, 5) is 21.7. The minimum Gasteiger partial charge on any atom is -0.550 e. The molecule has 1 aromatic heterocycles. The van der Waals surface area contributed by atoms with Crippen LogP contribution in [0.4, 0.5) is 19.0 Å². The van der Waals surface area contributed by atoms with Crippen molar-refractivity contribution in [2.75, 3.05) is 5.32 Å². The summed E-state index contributed by atoms with van der Waals surface area (Å²) in [7, 11) is 0. The van der Waals surface area contributed by atoms with Gasteiger partial charge in [0.1, 0.15) is 0 Å². The zero-order chi connectivity index (χ0) is 15.6. The Morgan fingerprint density at radius 2 is 2.00 bits per heavy atom. The lowest BCUT2D eigenvalue weighted by molar-refractivity contribution is -0.305. The van der Waals surface area contributed by atoms with Crippen LogP contribution in [0.2, 0.25) is 0 Å². The second-order valence-corrected chi connectivity index (χ2v) is 4.25. The predicted octanol–water partition coefficient (Wildman–Crippen LogP) is 1.05. The van der Waals surface area contributed by atoms with E-state index in [0.29, 0.717) is 5.39 Å². The predicted molar refractivity (Wildman–Crippen MR) is 64.0 cm³/mol. The maximum Gasteiger partial charge on any atom is 0.416 e. The smallest absolute Gasteiger partial charge is 0.416 e. The number of aliphatic carboxylic acids is 1. The Labute approximate surface area is 115 Å². The minimum absolute atomic E-state index is 0.0436. The molecule has 2 N–H and O–H groups in total. The fraction of sp³-hybridized carbons (Fsp3) is 0.250. The maximum atomic E-state index is 12.5. The van der Waals surface area contributed by atoms with E-state index in [4.69, 9.17) is 0 Å². The third kappa shape index (κ3) is 3.50. The van der Waals surface area contributed by atoms with Crippen molar-refractivity contribution in [3.05, 3.63) is 23.8 Å². The summed E-state index contributed by atoms with van der Waals surface area (Å²) in [5.74, 6) is -1.94. The molecule has 1 aromatic carbocycles. The van der Waals surface area contributed by atoms with Crippen molar-refractivity contribution in [2.45, 2.75) is 19.0 Å². The molecule has 0 aliphatic rings. The minimum atomic E-state index is -4.48. The molecule has 0 fully saturated rings. The van der Waals surface area contributed by atoms with Gasteiger partial charge in [0, 0.05) is 17.8 Å². The van der Waals surface area contributed by atoms with Crippen molar-refractivity contribution in [3.8, 4) is 0 Å². The van der Waals surface area contributed by atoms with Crippen LogP contribution in [0.3, 0.4) is 0 Å². The number of nitrogens with one attached hydrogen (secondary N) is 2. The fourth-order valence-electron chi connectivity index (χ4n) is 1.70. The summed E-state index contributed by atoms with van der Waals surface area (Å²) in [5, 5.41) is 18.9. The summed E-state index contributed by atoms with van der Waals surface area (Å²) in [6.07, 6.45) is -5.24. The van der Waals surface area contributed by atoms with Gasteiger partial charge in [-0.25, -0.2) is 0 Å². The van der Waals surface area contributed by atoms with Gasteiger partial charge in [0.15, 0.2) is 5.82 Å². The first-order valence-corrected chi connectivity index (χ1v) is 5.82. The lowest BCUT2D eigenvalue weighted by Gasteiger charge is -2.06. The average Bonchev–Trinajstić information content (AvgIpc) is 2.78. The van der Waals surface area contributed by atoms with Crippen molar-refractivity contribution in [1.82, 2.24) is 10.2 Å². The van der Waals surface area contributed by atoms with E-state index in [2.05, 4.69) is 15.5 Å². The third-order valence-electron chi connectivity index (χ3n) is 2.70. The number of H-pyrrole nitrogens is 1. The highest BCUT2D eigenvalue weighted by atomic mass is 19.4. The molecule has 0 atom stereocenters. The van der Waals surface area contributed by atoms with Crippen molar-refractivity contribution in [1.29, 1.82) is 0 Å². The van der Waals surface area contributed by atoms with E-state index < -0.39 is 30.0 Å². The summed E-state index contributed by atoms with van der Waals surface area (Å²) in [5.41, 5.74) is -0.728. The summed E-state index contributed by atoms with van der Waals surface area (Å²) >= 11 is 0. The summed E-state index contributed by atoms with van der Waals surface area (Å²) in [6.45, 7) is 0. The number of carbonyl (C=O) groups is 2. The SMILES string of the molecule is O=C([O-])CCC(=O)Nc1n[nH]c2cc(C(F)(F)F)ccc12. The van der Waals surface area contributed by atoms with Crippen LogP contribution in [0.15, 0.2) is 18.2 Å². The Morgan fingerprint density at radius 1 is 1.29 bits per heavy atom. The molecule has 0 radical (unpaired) electrons. The Kier molecular flexibility index (Phi) is 3.83. The molecule has 21 heavy (non-hydrogen) atoms. The largest absolute Gasteiger partial charge is 0.550 e. The van der Waals surface area contributed by atoms with Gasteiger partial charge < -0.3 is 15.2 Å². The van der Waals surface area contributed by atoms with E-state index in [1.165, 1.54) is 6.07 Å². The first-order chi connectivity index (χ1) is 9.77. The lowest BCUT2D eigenvalue weighted by Crippen LogP contribution is -2.24. The number of alkyl halides is 3. The van der Waals surface area contributed by atoms with E-state index in [1.807, 2.05) is 0 Å². The number of benzene rings is 1. The van der Waals surface area contributed by atoms with Gasteiger partial charge in [-0.05, 0) is 24.6 Å². The van der Waals surface area contributed by atoms with E-state index in [0.717, 1.165) is 12.1 Å². The van der Waals surface area contributed by atoms with Crippen LogP contribution < -0.4 is 10.4 Å². The molecule has 9 heteroatoms. The number of fused-ring (bicyclic) bond motifs is 1. The summed E-state index contributed by atoms with van der Waals surface area (Å²) in [6, 6.07) is 2.92. The number of aromatic amines is 1. The molecule has 1 amide bonds. The zero-order valence-corrected chi connectivity index (χ0v) is 10.5. The number of hydrogen-bond acceptors (Lipinski definition) is 4. The van der Waals surface area contributed by atoms with Gasteiger partial charge in [0.05, 0.1) is 11.1 Å². The topological polar surface area (TPSA) is 97.9 Å². The van der Waals surface area contributed by atoms with Gasteiger partial charge in [-0.1, -0.05) is 0 Å². The number of halogens is 3. The first kappa shape index (κ1) is 14.8. The van der Waals surface area contributed by atoms with E-state index >= 15 is 0 Å². The van der Waals surface area contributed by atoms with Gasteiger partial charge in [0.25, 0.3) is 0 Å². The molecule has 2 aromatic rings. The second kappa shape index (κ2) is 5.43. The van der Waals surface area contributed by atoms with Gasteiger partial charge in [0.2, 0.25) is 5.91 Å². The number of carboxylic acids is 1. The Morgan fingerprint density at radius 3 is 2.62 bits per heavy atom. The number of hydrogen-bond donors (Lipinski definition) is 2. The molecule has 0 aliphatic heterocycles. The Hall–Kier alpha value is -2.58. The van der Waals surface area contributed by atoms with E-state index in [9.17, 15) is 27.9 Å². The van der Waals surface area contributed by atoms with Gasteiger partial charge in [-0.15, -0.1) is 0 Å². The summed E-state index contributed by atoms with van der Waals surface area (Å²) < 4.78 is 37.6. The molecule has 0 saturated carbocycles. The Bertz CT molecular complexity index is 694. The normalized spacial score (nSPS) is 11.6. The molecule has 0 spiro atoms. The quantitative estimate of drug-likeness (QED) is 0.881. The number of rotatable bonds is 4. The molecule has 0 unspecified atom stereocenters. The number of anilines is 1. The highest BCUT2D eigenvalue weighted by molar-refractivity contribution is 6.00. The molecule has 0 bridgehead atoms. The van der Waals surface area contributed by atoms with Crippen molar-refractivity contribution >= 4 is 28.6 Å².